The van der Waals surface area contributed by atoms with E-state index in [0.717, 1.165) is 0 Å². The van der Waals surface area contributed by atoms with Crippen molar-refractivity contribution in [3.8, 4) is 0 Å². The zero-order valence-electron chi connectivity index (χ0n) is 13.3. The fraction of sp³-hybridized carbons (Fsp3) is 0.167. The lowest BCUT2D eigenvalue weighted by atomic mass is 10.1. The number of hydrogen-bond acceptors (Lipinski definition) is 6. The predicted octanol–water partition coefficient (Wildman–Crippen LogP) is 3.32. The third-order valence-corrected chi connectivity index (χ3v) is 3.41. The van der Waals surface area contributed by atoms with Crippen molar-refractivity contribution in [2.24, 2.45) is 4.99 Å². The lowest BCUT2D eigenvalue weighted by Gasteiger charge is -2.25. The molecule has 1 aliphatic rings. The number of nitrogens with zero attached hydrogens (tertiary/aromatic N) is 1. The number of benzene rings is 2. The van der Waals surface area contributed by atoms with E-state index >= 15 is 0 Å². The highest BCUT2D eigenvalue weighted by Crippen LogP contribution is 2.34. The SMILES string of the molecule is CC(=O)OC1=Nc2ccccc2C(OC(C)=O)Nc2ccccc21. The molecule has 1 atom stereocenters. The molecular formula is C18H16N2O4. The minimum atomic E-state index is -0.692. The molecule has 0 amide bonds. The van der Waals surface area contributed by atoms with Crippen LogP contribution in [0.1, 0.15) is 31.2 Å². The lowest BCUT2D eigenvalue weighted by molar-refractivity contribution is -0.145. The van der Waals surface area contributed by atoms with Gasteiger partial charge >= 0.3 is 11.9 Å². The minimum absolute atomic E-state index is 0.194. The Labute approximate surface area is 139 Å². The van der Waals surface area contributed by atoms with E-state index < -0.39 is 18.2 Å². The molecule has 0 saturated heterocycles. The third kappa shape index (κ3) is 3.27. The highest BCUT2D eigenvalue weighted by molar-refractivity contribution is 6.05. The summed E-state index contributed by atoms with van der Waals surface area (Å²) < 4.78 is 10.7. The van der Waals surface area contributed by atoms with E-state index in [-0.39, 0.29) is 5.90 Å². The van der Waals surface area contributed by atoms with Gasteiger partial charge in [0.15, 0.2) is 0 Å². The van der Waals surface area contributed by atoms with Gasteiger partial charge in [-0.25, -0.2) is 4.99 Å². The average Bonchev–Trinajstić information content (AvgIpc) is 2.52. The molecule has 6 nitrogen and oxygen atoms in total. The maximum Gasteiger partial charge on any atom is 0.309 e. The van der Waals surface area contributed by atoms with Crippen molar-refractivity contribution in [1.29, 1.82) is 0 Å². The van der Waals surface area contributed by atoms with Gasteiger partial charge in [-0.15, -0.1) is 0 Å². The summed E-state index contributed by atoms with van der Waals surface area (Å²) in [5, 5.41) is 3.18. The van der Waals surface area contributed by atoms with Crippen LogP contribution in [-0.2, 0) is 19.1 Å². The van der Waals surface area contributed by atoms with Crippen LogP contribution in [0.4, 0.5) is 11.4 Å². The summed E-state index contributed by atoms with van der Waals surface area (Å²) in [4.78, 5) is 27.4. The van der Waals surface area contributed by atoms with Gasteiger partial charge in [0, 0.05) is 25.1 Å². The third-order valence-electron chi connectivity index (χ3n) is 3.41. The summed E-state index contributed by atoms with van der Waals surface area (Å²) in [6, 6.07) is 14.4. The van der Waals surface area contributed by atoms with Crippen LogP contribution in [0.2, 0.25) is 0 Å². The molecule has 3 rings (SSSR count). The molecule has 122 valence electrons. The Bertz CT molecular complexity index is 829. The zero-order valence-corrected chi connectivity index (χ0v) is 13.3. The van der Waals surface area contributed by atoms with E-state index in [1.807, 2.05) is 24.3 Å². The largest absolute Gasteiger partial charge is 0.437 e. The number of rotatable bonds is 1. The molecule has 0 aromatic heterocycles. The van der Waals surface area contributed by atoms with Crippen LogP contribution >= 0.6 is 0 Å². The Morgan fingerprint density at radius 3 is 2.46 bits per heavy atom. The van der Waals surface area contributed by atoms with Gasteiger partial charge in [-0.3, -0.25) is 9.59 Å². The quantitative estimate of drug-likeness (QED) is 0.814. The molecule has 2 aromatic carbocycles. The van der Waals surface area contributed by atoms with E-state index in [4.69, 9.17) is 9.47 Å². The Balaban J connectivity index is 2.19. The first-order valence-corrected chi connectivity index (χ1v) is 7.44. The number of fused-ring (bicyclic) bond motifs is 2. The smallest absolute Gasteiger partial charge is 0.309 e. The minimum Gasteiger partial charge on any atom is -0.437 e. The summed E-state index contributed by atoms with van der Waals surface area (Å²) in [6.45, 7) is 2.67. The van der Waals surface area contributed by atoms with Gasteiger partial charge < -0.3 is 14.8 Å². The first kappa shape index (κ1) is 15.7. The second-order valence-corrected chi connectivity index (χ2v) is 5.25. The molecule has 1 aliphatic heterocycles. The average molecular weight is 324 g/mol. The van der Waals surface area contributed by atoms with Crippen molar-refractivity contribution < 1.29 is 19.1 Å². The zero-order chi connectivity index (χ0) is 17.1. The van der Waals surface area contributed by atoms with Crippen LogP contribution < -0.4 is 5.32 Å². The molecule has 6 heteroatoms. The van der Waals surface area contributed by atoms with Crippen LogP contribution in [0.5, 0.6) is 0 Å². The van der Waals surface area contributed by atoms with Gasteiger partial charge in [-0.1, -0.05) is 30.3 Å². The summed E-state index contributed by atoms with van der Waals surface area (Å²) in [7, 11) is 0. The molecule has 0 spiro atoms. The van der Waals surface area contributed by atoms with Crippen LogP contribution in [0.15, 0.2) is 53.5 Å². The first-order chi connectivity index (χ1) is 11.5. The number of ether oxygens (including phenoxy) is 2. The lowest BCUT2D eigenvalue weighted by Crippen LogP contribution is -2.22. The molecule has 2 aromatic rings. The number of carbonyl (C=O) groups excluding carboxylic acids is 2. The number of nitrogens with one attached hydrogen (secondary N) is 1. The van der Waals surface area contributed by atoms with E-state index in [9.17, 15) is 9.59 Å². The molecule has 1 N–H and O–H groups in total. The molecule has 1 unspecified atom stereocenters. The molecule has 0 fully saturated rings. The summed E-state index contributed by atoms with van der Waals surface area (Å²) >= 11 is 0. The summed E-state index contributed by atoms with van der Waals surface area (Å²) in [5.74, 6) is -0.679. The number of para-hydroxylation sites is 2. The molecule has 0 radical (unpaired) electrons. The second kappa shape index (κ2) is 6.54. The van der Waals surface area contributed by atoms with Crippen molar-refractivity contribution in [3.63, 3.8) is 0 Å². The van der Waals surface area contributed by atoms with Gasteiger partial charge in [0.2, 0.25) is 12.1 Å². The highest BCUT2D eigenvalue weighted by Gasteiger charge is 2.24. The highest BCUT2D eigenvalue weighted by atomic mass is 16.6. The summed E-state index contributed by atoms with van der Waals surface area (Å²) in [6.07, 6.45) is -0.692. The van der Waals surface area contributed by atoms with Gasteiger partial charge in [-0.05, 0) is 18.2 Å². The van der Waals surface area contributed by atoms with Crippen molar-refractivity contribution in [2.75, 3.05) is 5.32 Å². The molecular weight excluding hydrogens is 308 g/mol. The number of carbonyl (C=O) groups is 2. The van der Waals surface area contributed by atoms with Crippen molar-refractivity contribution >= 4 is 29.2 Å². The Hall–Kier alpha value is -3.15. The van der Waals surface area contributed by atoms with Crippen molar-refractivity contribution in [3.05, 3.63) is 59.7 Å². The Kier molecular flexibility index (Phi) is 4.29. The van der Waals surface area contributed by atoms with Gasteiger partial charge in [0.25, 0.3) is 0 Å². The number of aliphatic imine (C=N–C) groups is 1. The number of anilines is 1. The summed E-state index contributed by atoms with van der Waals surface area (Å²) in [5.41, 5.74) is 2.49. The van der Waals surface area contributed by atoms with Gasteiger partial charge in [0.1, 0.15) is 0 Å². The maximum atomic E-state index is 11.5. The van der Waals surface area contributed by atoms with E-state index in [1.54, 1.807) is 24.3 Å². The number of esters is 2. The maximum absolute atomic E-state index is 11.5. The number of hydrogen-bond donors (Lipinski definition) is 1. The van der Waals surface area contributed by atoms with E-state index in [2.05, 4.69) is 10.3 Å². The molecule has 24 heavy (non-hydrogen) atoms. The normalized spacial score (nSPS) is 15.6. The van der Waals surface area contributed by atoms with Gasteiger partial charge in [-0.2, -0.15) is 0 Å². The van der Waals surface area contributed by atoms with Crippen LogP contribution in [0, 0.1) is 0 Å². The molecule has 1 heterocycles. The van der Waals surface area contributed by atoms with E-state index in [1.165, 1.54) is 13.8 Å². The monoisotopic (exact) mass is 324 g/mol. The van der Waals surface area contributed by atoms with Gasteiger partial charge in [0.05, 0.1) is 11.3 Å². The van der Waals surface area contributed by atoms with E-state index in [0.29, 0.717) is 22.5 Å². The molecule has 0 saturated carbocycles. The van der Waals surface area contributed by atoms with Crippen molar-refractivity contribution in [2.45, 2.75) is 20.1 Å². The Morgan fingerprint density at radius 2 is 1.71 bits per heavy atom. The fourth-order valence-electron chi connectivity index (χ4n) is 2.47. The fourth-order valence-corrected chi connectivity index (χ4v) is 2.47. The standard InChI is InChI=1S/C18H16N2O4/c1-11(21)23-17-13-7-3-5-9-15(13)20-18(24-12(2)22)14-8-4-6-10-16(14)19-17/h3-10,17,19H,1-2H3. The van der Waals surface area contributed by atoms with Crippen LogP contribution in [-0.4, -0.2) is 17.8 Å². The molecule has 0 bridgehead atoms. The van der Waals surface area contributed by atoms with Crippen LogP contribution in [0.25, 0.3) is 0 Å². The molecule has 0 aliphatic carbocycles. The topological polar surface area (TPSA) is 77.0 Å². The first-order valence-electron chi connectivity index (χ1n) is 7.44. The Morgan fingerprint density at radius 1 is 1.00 bits per heavy atom. The van der Waals surface area contributed by atoms with Crippen LogP contribution in [0.3, 0.4) is 0 Å². The predicted molar refractivity (Wildman–Crippen MR) is 89.0 cm³/mol. The van der Waals surface area contributed by atoms with Crippen molar-refractivity contribution in [1.82, 2.24) is 0 Å². The second-order valence-electron chi connectivity index (χ2n) is 5.25.